The number of carbonyl (C=O) groups is 2. The predicted octanol–water partition coefficient (Wildman–Crippen LogP) is 3.56. The fourth-order valence-electron chi connectivity index (χ4n) is 3.28. The van der Waals surface area contributed by atoms with Crippen LogP contribution in [0.25, 0.3) is 6.08 Å². The number of thiocarbonyl (C=S) groups is 1. The number of nitro groups is 1. The number of benzene rings is 2. The first-order valence-electron chi connectivity index (χ1n) is 10.4. The number of rotatable bonds is 9. The van der Waals surface area contributed by atoms with E-state index in [0.29, 0.717) is 30.1 Å². The van der Waals surface area contributed by atoms with Gasteiger partial charge in [-0.15, -0.1) is 6.58 Å². The molecule has 0 aromatic heterocycles. The van der Waals surface area contributed by atoms with Crippen molar-refractivity contribution >= 4 is 40.9 Å². The summed E-state index contributed by atoms with van der Waals surface area (Å²) in [5.41, 5.74) is 2.00. The van der Waals surface area contributed by atoms with Gasteiger partial charge in [-0.05, 0) is 67.0 Å². The molecule has 1 aliphatic rings. The topological polar surface area (TPSA) is 111 Å². The number of hydrogen-bond donors (Lipinski definition) is 1. The van der Waals surface area contributed by atoms with Gasteiger partial charge in [0.05, 0.1) is 11.5 Å². The number of non-ortho nitro benzene ring substituents is 1. The van der Waals surface area contributed by atoms with Crippen molar-refractivity contribution in [2.75, 3.05) is 13.7 Å². The molecule has 0 radical (unpaired) electrons. The van der Waals surface area contributed by atoms with Crippen molar-refractivity contribution in [2.24, 2.45) is 0 Å². The first kappa shape index (κ1) is 24.6. The van der Waals surface area contributed by atoms with Crippen LogP contribution in [0.1, 0.15) is 23.6 Å². The third-order valence-corrected chi connectivity index (χ3v) is 5.34. The van der Waals surface area contributed by atoms with E-state index in [4.69, 9.17) is 21.7 Å². The number of ether oxygens (including phenoxy) is 2. The zero-order valence-electron chi connectivity index (χ0n) is 18.7. The van der Waals surface area contributed by atoms with Crippen LogP contribution in [0.4, 0.5) is 5.69 Å². The number of carbonyl (C=O) groups excluding carboxylic acids is 2. The summed E-state index contributed by atoms with van der Waals surface area (Å²) in [5.74, 6) is -0.159. The molecule has 2 aromatic rings. The van der Waals surface area contributed by atoms with Crippen LogP contribution < -0.4 is 14.8 Å². The highest BCUT2D eigenvalue weighted by Crippen LogP contribution is 2.35. The molecule has 0 spiro atoms. The highest BCUT2D eigenvalue weighted by molar-refractivity contribution is 7.80. The van der Waals surface area contributed by atoms with E-state index >= 15 is 0 Å². The Kier molecular flexibility index (Phi) is 7.75. The maximum Gasteiger partial charge on any atom is 0.269 e. The number of amides is 2. The molecule has 1 N–H and O–H groups in total. The molecule has 1 fully saturated rings. The van der Waals surface area contributed by atoms with E-state index < -0.39 is 16.7 Å². The molecule has 0 saturated carbocycles. The number of likely N-dealkylation sites (N-methyl/N-ethyl adjacent to an activating group) is 1. The summed E-state index contributed by atoms with van der Waals surface area (Å²) in [6.45, 7) is 6.13. The minimum absolute atomic E-state index is 0.00352. The van der Waals surface area contributed by atoms with Crippen molar-refractivity contribution < 1.29 is 24.0 Å². The van der Waals surface area contributed by atoms with Gasteiger partial charge in [-0.1, -0.05) is 6.08 Å². The van der Waals surface area contributed by atoms with Gasteiger partial charge in [-0.2, -0.15) is 0 Å². The molecule has 0 atom stereocenters. The van der Waals surface area contributed by atoms with Crippen LogP contribution in [-0.4, -0.2) is 40.4 Å². The lowest BCUT2D eigenvalue weighted by Crippen LogP contribution is -2.52. The Hall–Kier alpha value is -4.05. The molecule has 34 heavy (non-hydrogen) atoms. The molecular formula is C24H23N3O6S. The Labute approximate surface area is 201 Å². The highest BCUT2D eigenvalue weighted by Gasteiger charge is 2.31. The molecule has 2 aromatic carbocycles. The van der Waals surface area contributed by atoms with E-state index in [0.717, 1.165) is 11.1 Å². The highest BCUT2D eigenvalue weighted by atomic mass is 32.1. The minimum atomic E-state index is -0.574. The van der Waals surface area contributed by atoms with Gasteiger partial charge in [0.15, 0.2) is 16.6 Å². The smallest absolute Gasteiger partial charge is 0.269 e. The summed E-state index contributed by atoms with van der Waals surface area (Å²) in [6, 6.07) is 9.54. The van der Waals surface area contributed by atoms with Crippen molar-refractivity contribution in [3.8, 4) is 11.5 Å². The molecule has 176 valence electrons. The minimum Gasteiger partial charge on any atom is -0.490 e. The fourth-order valence-corrected chi connectivity index (χ4v) is 3.46. The first-order chi connectivity index (χ1) is 16.2. The van der Waals surface area contributed by atoms with Gasteiger partial charge >= 0.3 is 0 Å². The van der Waals surface area contributed by atoms with Gasteiger partial charge in [0.1, 0.15) is 12.2 Å². The molecule has 1 saturated heterocycles. The number of allylic oxidation sites excluding steroid dienone is 1. The third-order valence-electron chi connectivity index (χ3n) is 4.96. The number of hydrogen-bond acceptors (Lipinski definition) is 7. The van der Waals surface area contributed by atoms with E-state index in [1.165, 1.54) is 30.2 Å². The zero-order valence-corrected chi connectivity index (χ0v) is 19.5. The van der Waals surface area contributed by atoms with E-state index in [2.05, 4.69) is 11.9 Å². The number of nitrogens with one attached hydrogen (secondary N) is 1. The first-order valence-corrected chi connectivity index (χ1v) is 10.8. The van der Waals surface area contributed by atoms with Crippen molar-refractivity contribution in [1.29, 1.82) is 0 Å². The SMILES string of the molecule is C=CCc1cc(/C=C2/C(=O)NC(=S)N(C)C2=O)cc(OCC)c1OCc1ccc([N+](=O)[O-])cc1. The summed E-state index contributed by atoms with van der Waals surface area (Å²) >= 11 is 4.98. The van der Waals surface area contributed by atoms with Crippen LogP contribution in [0.2, 0.25) is 0 Å². The van der Waals surface area contributed by atoms with E-state index in [1.54, 1.807) is 30.3 Å². The lowest BCUT2D eigenvalue weighted by atomic mass is 10.0. The second-order valence-corrected chi connectivity index (χ2v) is 7.71. The summed E-state index contributed by atoms with van der Waals surface area (Å²) in [5, 5.41) is 13.4. The Morgan fingerprint density at radius 2 is 1.91 bits per heavy atom. The average Bonchev–Trinajstić information content (AvgIpc) is 2.80. The van der Waals surface area contributed by atoms with E-state index in [9.17, 15) is 19.7 Å². The van der Waals surface area contributed by atoms with Gasteiger partial charge in [-0.25, -0.2) is 0 Å². The van der Waals surface area contributed by atoms with Crippen molar-refractivity contribution in [3.05, 3.63) is 81.4 Å². The van der Waals surface area contributed by atoms with Crippen LogP contribution in [0.3, 0.4) is 0 Å². The van der Waals surface area contributed by atoms with Crippen LogP contribution >= 0.6 is 12.2 Å². The monoisotopic (exact) mass is 481 g/mol. The quantitative estimate of drug-likeness (QED) is 0.146. The molecule has 0 unspecified atom stereocenters. The molecule has 3 rings (SSSR count). The predicted molar refractivity (Wildman–Crippen MR) is 130 cm³/mol. The third kappa shape index (κ3) is 5.46. The maximum absolute atomic E-state index is 12.6. The Morgan fingerprint density at radius 1 is 1.21 bits per heavy atom. The van der Waals surface area contributed by atoms with E-state index in [-0.39, 0.29) is 23.0 Å². The van der Waals surface area contributed by atoms with Gasteiger partial charge in [0, 0.05) is 24.7 Å². The lowest BCUT2D eigenvalue weighted by molar-refractivity contribution is -0.384. The van der Waals surface area contributed by atoms with Crippen molar-refractivity contribution in [3.63, 3.8) is 0 Å². The molecule has 0 aliphatic carbocycles. The number of nitrogens with zero attached hydrogens (tertiary/aromatic N) is 2. The molecule has 9 nitrogen and oxygen atoms in total. The summed E-state index contributed by atoms with van der Waals surface area (Å²) in [6.07, 6.45) is 3.62. The maximum atomic E-state index is 12.6. The zero-order chi connectivity index (χ0) is 24.8. The molecule has 0 bridgehead atoms. The van der Waals surface area contributed by atoms with Gasteiger partial charge in [-0.3, -0.25) is 29.9 Å². The molecule has 1 heterocycles. The fraction of sp³-hybridized carbons (Fsp3) is 0.208. The molecule has 2 amide bonds. The molecular weight excluding hydrogens is 458 g/mol. The van der Waals surface area contributed by atoms with Crippen LogP contribution in [0.5, 0.6) is 11.5 Å². The number of nitro benzene ring substituents is 1. The van der Waals surface area contributed by atoms with Crippen molar-refractivity contribution in [2.45, 2.75) is 20.0 Å². The lowest BCUT2D eigenvalue weighted by Gasteiger charge is -2.25. The van der Waals surface area contributed by atoms with Crippen LogP contribution in [0, 0.1) is 10.1 Å². The Balaban J connectivity index is 1.96. The standard InChI is InChI=1S/C24H23N3O6S/c1-4-6-17-11-16(12-19-22(28)25-24(34)26(3)23(19)29)13-20(32-5-2)21(17)33-14-15-7-9-18(10-8-15)27(30)31/h4,7-13H,1,5-6,14H2,2-3H3,(H,25,28,34)/b19-12-. The van der Waals surface area contributed by atoms with Crippen molar-refractivity contribution in [1.82, 2.24) is 10.2 Å². The Bertz CT molecular complexity index is 1190. The van der Waals surface area contributed by atoms with E-state index in [1.807, 2.05) is 6.92 Å². The summed E-state index contributed by atoms with van der Waals surface area (Å²) in [4.78, 5) is 36.5. The second kappa shape index (κ2) is 10.7. The van der Waals surface area contributed by atoms with Gasteiger partial charge in [0.2, 0.25) is 0 Å². The summed E-state index contributed by atoms with van der Waals surface area (Å²) in [7, 11) is 1.49. The average molecular weight is 482 g/mol. The van der Waals surface area contributed by atoms with Gasteiger partial charge in [0.25, 0.3) is 17.5 Å². The largest absolute Gasteiger partial charge is 0.490 e. The van der Waals surface area contributed by atoms with Crippen LogP contribution in [-0.2, 0) is 22.6 Å². The van der Waals surface area contributed by atoms with Gasteiger partial charge < -0.3 is 9.47 Å². The normalized spacial score (nSPS) is 14.7. The Morgan fingerprint density at radius 3 is 2.53 bits per heavy atom. The second-order valence-electron chi connectivity index (χ2n) is 7.33. The molecule has 10 heteroatoms. The summed E-state index contributed by atoms with van der Waals surface area (Å²) < 4.78 is 11.8. The molecule has 1 aliphatic heterocycles. The van der Waals surface area contributed by atoms with Crippen LogP contribution in [0.15, 0.2) is 54.6 Å².